The summed E-state index contributed by atoms with van der Waals surface area (Å²) in [7, 11) is 0. The molecule has 0 heterocycles. The van der Waals surface area contributed by atoms with E-state index in [1.807, 2.05) is 6.92 Å². The van der Waals surface area contributed by atoms with Crippen LogP contribution in [0.25, 0.3) is 0 Å². The number of benzene rings is 2. The minimum atomic E-state index is -0.590. The van der Waals surface area contributed by atoms with Crippen LogP contribution in [0.2, 0.25) is 0 Å². The summed E-state index contributed by atoms with van der Waals surface area (Å²) in [5.74, 6) is -1.45. The summed E-state index contributed by atoms with van der Waals surface area (Å²) < 4.78 is 39.0. The van der Waals surface area contributed by atoms with E-state index in [1.165, 1.54) is 24.3 Å². The minimum absolute atomic E-state index is 0.0509. The Bertz CT molecular complexity index is 552. The highest BCUT2D eigenvalue weighted by molar-refractivity contribution is 5.21. The molecule has 0 fully saturated rings. The molecule has 0 aliphatic carbocycles. The smallest absolute Gasteiger partial charge is 0.130 e. The number of rotatable bonds is 4. The van der Waals surface area contributed by atoms with E-state index in [-0.39, 0.29) is 18.4 Å². The lowest BCUT2D eigenvalue weighted by Gasteiger charge is -2.14. The largest absolute Gasteiger partial charge is 0.306 e. The number of hydrogen-bond acceptors (Lipinski definition) is 1. The van der Waals surface area contributed by atoms with Crippen molar-refractivity contribution in [3.05, 3.63) is 71.0 Å². The summed E-state index contributed by atoms with van der Waals surface area (Å²) >= 11 is 0. The van der Waals surface area contributed by atoms with Crippen molar-refractivity contribution in [2.75, 3.05) is 0 Å². The van der Waals surface area contributed by atoms with E-state index in [9.17, 15) is 13.2 Å². The maximum atomic E-state index is 13.4. The fourth-order valence-electron chi connectivity index (χ4n) is 1.80. The summed E-state index contributed by atoms with van der Waals surface area (Å²) in [6.45, 7) is 2.18. The fourth-order valence-corrected chi connectivity index (χ4v) is 1.80. The van der Waals surface area contributed by atoms with Crippen LogP contribution in [0.1, 0.15) is 24.1 Å². The first-order valence-corrected chi connectivity index (χ1v) is 5.99. The topological polar surface area (TPSA) is 12.0 Å². The molecule has 19 heavy (non-hydrogen) atoms. The maximum absolute atomic E-state index is 13.4. The van der Waals surface area contributed by atoms with Gasteiger partial charge in [-0.15, -0.1) is 0 Å². The monoisotopic (exact) mass is 265 g/mol. The molecule has 0 saturated heterocycles. The van der Waals surface area contributed by atoms with Crippen molar-refractivity contribution in [3.63, 3.8) is 0 Å². The Labute approximate surface area is 110 Å². The Morgan fingerprint density at radius 1 is 0.947 bits per heavy atom. The van der Waals surface area contributed by atoms with Crippen LogP contribution in [-0.2, 0) is 6.54 Å². The molecule has 0 aromatic heterocycles. The van der Waals surface area contributed by atoms with Crippen LogP contribution in [0.15, 0.2) is 42.5 Å². The highest BCUT2D eigenvalue weighted by Gasteiger charge is 2.08. The Hall–Kier alpha value is -1.81. The Morgan fingerprint density at radius 2 is 1.58 bits per heavy atom. The van der Waals surface area contributed by atoms with Gasteiger partial charge in [-0.25, -0.2) is 13.2 Å². The average molecular weight is 265 g/mol. The number of hydrogen-bond donors (Lipinski definition) is 1. The Balaban J connectivity index is 2.00. The molecule has 0 aliphatic heterocycles. The second-order valence-corrected chi connectivity index (χ2v) is 4.39. The van der Waals surface area contributed by atoms with Crippen molar-refractivity contribution in [1.29, 1.82) is 0 Å². The van der Waals surface area contributed by atoms with Crippen molar-refractivity contribution < 1.29 is 13.2 Å². The van der Waals surface area contributed by atoms with Gasteiger partial charge in [0.25, 0.3) is 0 Å². The third-order valence-electron chi connectivity index (χ3n) is 2.98. The van der Waals surface area contributed by atoms with Crippen LogP contribution in [-0.4, -0.2) is 0 Å². The van der Waals surface area contributed by atoms with E-state index < -0.39 is 11.6 Å². The molecule has 1 N–H and O–H groups in total. The van der Waals surface area contributed by atoms with Gasteiger partial charge in [0.1, 0.15) is 17.5 Å². The second-order valence-electron chi connectivity index (χ2n) is 4.39. The highest BCUT2D eigenvalue weighted by Crippen LogP contribution is 2.15. The van der Waals surface area contributed by atoms with E-state index in [2.05, 4.69) is 5.32 Å². The van der Waals surface area contributed by atoms with Gasteiger partial charge in [-0.3, -0.25) is 0 Å². The molecule has 100 valence electrons. The van der Waals surface area contributed by atoms with Gasteiger partial charge in [-0.1, -0.05) is 18.2 Å². The summed E-state index contributed by atoms with van der Waals surface area (Å²) in [5.41, 5.74) is 1.30. The molecule has 1 atom stereocenters. The van der Waals surface area contributed by atoms with Gasteiger partial charge >= 0.3 is 0 Å². The van der Waals surface area contributed by atoms with E-state index in [0.717, 1.165) is 11.6 Å². The summed E-state index contributed by atoms with van der Waals surface area (Å²) in [4.78, 5) is 0. The standard InChI is InChI=1S/C15H14F3N/c1-10(11-2-5-13(16)6-3-11)19-9-12-4-7-14(17)8-15(12)18/h2-8,10,19H,9H2,1H3/t10-/m1/s1. The molecule has 0 spiro atoms. The molecule has 4 heteroatoms. The first kappa shape index (κ1) is 13.6. The molecular weight excluding hydrogens is 251 g/mol. The molecule has 0 saturated carbocycles. The van der Waals surface area contributed by atoms with Crippen LogP contribution >= 0.6 is 0 Å². The molecule has 2 aromatic rings. The van der Waals surface area contributed by atoms with Gasteiger partial charge in [0, 0.05) is 24.2 Å². The van der Waals surface area contributed by atoms with E-state index in [0.29, 0.717) is 5.56 Å². The van der Waals surface area contributed by atoms with Crippen LogP contribution in [0.5, 0.6) is 0 Å². The summed E-state index contributed by atoms with van der Waals surface area (Å²) in [6.07, 6.45) is 0. The normalized spacial score (nSPS) is 12.4. The molecule has 2 aromatic carbocycles. The molecule has 0 aliphatic rings. The van der Waals surface area contributed by atoms with Gasteiger partial charge in [-0.2, -0.15) is 0 Å². The van der Waals surface area contributed by atoms with Crippen molar-refractivity contribution in [2.45, 2.75) is 19.5 Å². The third kappa shape index (κ3) is 3.58. The lowest BCUT2D eigenvalue weighted by Crippen LogP contribution is -2.18. The zero-order valence-electron chi connectivity index (χ0n) is 10.5. The van der Waals surface area contributed by atoms with E-state index in [4.69, 9.17) is 0 Å². The molecule has 1 nitrogen and oxygen atoms in total. The van der Waals surface area contributed by atoms with Gasteiger partial charge < -0.3 is 5.32 Å². The van der Waals surface area contributed by atoms with Crippen molar-refractivity contribution in [2.24, 2.45) is 0 Å². The molecule has 0 unspecified atom stereocenters. The Kier molecular flexibility index (Phi) is 4.22. The van der Waals surface area contributed by atoms with Gasteiger partial charge in [0.2, 0.25) is 0 Å². The van der Waals surface area contributed by atoms with E-state index in [1.54, 1.807) is 12.1 Å². The van der Waals surface area contributed by atoms with Crippen molar-refractivity contribution in [3.8, 4) is 0 Å². The SMILES string of the molecule is C[C@@H](NCc1ccc(F)cc1F)c1ccc(F)cc1. The average Bonchev–Trinajstić information content (AvgIpc) is 2.38. The van der Waals surface area contributed by atoms with Crippen molar-refractivity contribution >= 4 is 0 Å². The van der Waals surface area contributed by atoms with Crippen LogP contribution < -0.4 is 5.32 Å². The summed E-state index contributed by atoms with van der Waals surface area (Å²) in [5, 5.41) is 3.11. The molecule has 2 rings (SSSR count). The predicted molar refractivity (Wildman–Crippen MR) is 68.0 cm³/mol. The predicted octanol–water partition coefficient (Wildman–Crippen LogP) is 3.95. The van der Waals surface area contributed by atoms with E-state index >= 15 is 0 Å². The lowest BCUT2D eigenvalue weighted by molar-refractivity contribution is 0.533. The highest BCUT2D eigenvalue weighted by atomic mass is 19.1. The van der Waals surface area contributed by atoms with Gasteiger partial charge in [0.15, 0.2) is 0 Å². The van der Waals surface area contributed by atoms with Crippen LogP contribution in [0, 0.1) is 17.5 Å². The third-order valence-corrected chi connectivity index (χ3v) is 2.98. The molecular formula is C15H14F3N. The Morgan fingerprint density at radius 3 is 2.21 bits per heavy atom. The first-order chi connectivity index (χ1) is 9.06. The van der Waals surface area contributed by atoms with Crippen LogP contribution in [0.4, 0.5) is 13.2 Å². The molecule has 0 amide bonds. The second kappa shape index (κ2) is 5.89. The number of nitrogens with one attached hydrogen (secondary N) is 1. The van der Waals surface area contributed by atoms with Crippen LogP contribution in [0.3, 0.4) is 0 Å². The minimum Gasteiger partial charge on any atom is -0.306 e. The lowest BCUT2D eigenvalue weighted by atomic mass is 10.1. The first-order valence-electron chi connectivity index (χ1n) is 5.99. The zero-order chi connectivity index (χ0) is 13.8. The quantitative estimate of drug-likeness (QED) is 0.882. The van der Waals surface area contributed by atoms with Gasteiger partial charge in [-0.05, 0) is 30.7 Å². The molecule has 0 radical (unpaired) electrons. The molecule has 0 bridgehead atoms. The van der Waals surface area contributed by atoms with Crippen molar-refractivity contribution in [1.82, 2.24) is 5.32 Å². The zero-order valence-corrected chi connectivity index (χ0v) is 10.5. The van der Waals surface area contributed by atoms with Gasteiger partial charge in [0.05, 0.1) is 0 Å². The number of halogens is 3. The maximum Gasteiger partial charge on any atom is 0.130 e. The fraction of sp³-hybridized carbons (Fsp3) is 0.200. The summed E-state index contributed by atoms with van der Waals surface area (Å²) in [6, 6.07) is 9.56.